The number of hydrogen-bond donors (Lipinski definition) is 4. The van der Waals surface area contributed by atoms with Gasteiger partial charge in [0.1, 0.15) is 17.8 Å². The van der Waals surface area contributed by atoms with E-state index in [1.54, 1.807) is 61.5 Å². The van der Waals surface area contributed by atoms with Crippen LogP contribution < -0.4 is 15.4 Å². The van der Waals surface area contributed by atoms with Gasteiger partial charge in [0.05, 0.1) is 25.3 Å². The van der Waals surface area contributed by atoms with Crippen LogP contribution in [0.15, 0.2) is 97.6 Å². The molecule has 0 aliphatic rings. The first-order valence-electron chi connectivity index (χ1n) is 12.2. The van der Waals surface area contributed by atoms with Gasteiger partial charge >= 0.3 is 0 Å². The minimum Gasteiger partial charge on any atom is -0.490 e. The SMILES string of the molecule is C=CCOc1ccc(CC(C)(C(=O)N[C@H](CO)c2ccccc2)C(=O)N[C@H](CO)c2ccccc2)cc1. The Morgan fingerprint density at radius 2 is 1.30 bits per heavy atom. The molecule has 0 saturated heterocycles. The number of hydrogen-bond acceptors (Lipinski definition) is 5. The van der Waals surface area contributed by atoms with Crippen LogP contribution in [0.1, 0.15) is 35.7 Å². The summed E-state index contributed by atoms with van der Waals surface area (Å²) in [7, 11) is 0. The maximum atomic E-state index is 13.7. The van der Waals surface area contributed by atoms with Crippen molar-refractivity contribution in [2.75, 3.05) is 19.8 Å². The average Bonchev–Trinajstić information content (AvgIpc) is 2.94. The number of benzene rings is 3. The first kappa shape index (κ1) is 27.6. The third-order valence-corrected chi connectivity index (χ3v) is 6.23. The first-order chi connectivity index (χ1) is 17.9. The summed E-state index contributed by atoms with van der Waals surface area (Å²) in [5.74, 6) is -0.428. The summed E-state index contributed by atoms with van der Waals surface area (Å²) < 4.78 is 5.54. The summed E-state index contributed by atoms with van der Waals surface area (Å²) in [5, 5.41) is 25.7. The van der Waals surface area contributed by atoms with Crippen LogP contribution in [-0.4, -0.2) is 41.8 Å². The predicted molar refractivity (Wildman–Crippen MR) is 143 cm³/mol. The Bertz CT molecular complexity index is 1090. The highest BCUT2D eigenvalue weighted by Crippen LogP contribution is 2.28. The van der Waals surface area contributed by atoms with Crippen molar-refractivity contribution < 1.29 is 24.5 Å². The molecule has 0 spiro atoms. The van der Waals surface area contributed by atoms with Gasteiger partial charge in [-0.1, -0.05) is 85.5 Å². The van der Waals surface area contributed by atoms with E-state index in [4.69, 9.17) is 4.74 Å². The van der Waals surface area contributed by atoms with Crippen LogP contribution in [0.3, 0.4) is 0 Å². The van der Waals surface area contributed by atoms with Gasteiger partial charge in [-0.2, -0.15) is 0 Å². The fourth-order valence-corrected chi connectivity index (χ4v) is 4.01. The third kappa shape index (κ3) is 7.29. The minimum absolute atomic E-state index is 0.0896. The maximum Gasteiger partial charge on any atom is 0.236 e. The Labute approximate surface area is 217 Å². The van der Waals surface area contributed by atoms with E-state index in [-0.39, 0.29) is 19.6 Å². The number of rotatable bonds is 13. The number of nitrogens with one attached hydrogen (secondary N) is 2. The third-order valence-electron chi connectivity index (χ3n) is 6.23. The van der Waals surface area contributed by atoms with Crippen molar-refractivity contribution in [1.29, 1.82) is 0 Å². The molecule has 0 aliphatic carbocycles. The fraction of sp³-hybridized carbons (Fsp3) is 0.267. The van der Waals surface area contributed by atoms with Crippen LogP contribution in [0.4, 0.5) is 0 Å². The van der Waals surface area contributed by atoms with Crippen LogP contribution in [0.2, 0.25) is 0 Å². The molecule has 4 N–H and O–H groups in total. The minimum atomic E-state index is -1.55. The number of ether oxygens (including phenoxy) is 1. The molecule has 37 heavy (non-hydrogen) atoms. The van der Waals surface area contributed by atoms with Crippen LogP contribution in [0, 0.1) is 5.41 Å². The molecule has 7 nitrogen and oxygen atoms in total. The summed E-state index contributed by atoms with van der Waals surface area (Å²) in [6.45, 7) is 4.92. The zero-order valence-corrected chi connectivity index (χ0v) is 21.0. The van der Waals surface area contributed by atoms with Crippen molar-refractivity contribution in [1.82, 2.24) is 10.6 Å². The highest BCUT2D eigenvalue weighted by atomic mass is 16.5. The van der Waals surface area contributed by atoms with Gasteiger partial charge in [0.25, 0.3) is 0 Å². The molecular formula is C30H34N2O5. The van der Waals surface area contributed by atoms with Gasteiger partial charge in [0, 0.05) is 0 Å². The molecule has 7 heteroatoms. The molecule has 0 saturated carbocycles. The second-order valence-corrected chi connectivity index (χ2v) is 8.99. The summed E-state index contributed by atoms with van der Waals surface area (Å²) in [6, 6.07) is 24.0. The van der Waals surface area contributed by atoms with E-state index in [0.717, 1.165) is 16.7 Å². The molecule has 3 rings (SSSR count). The van der Waals surface area contributed by atoms with E-state index in [1.807, 2.05) is 36.4 Å². The molecule has 2 amide bonds. The molecule has 3 aromatic carbocycles. The monoisotopic (exact) mass is 502 g/mol. The maximum absolute atomic E-state index is 13.7. The number of aliphatic hydroxyl groups is 2. The van der Waals surface area contributed by atoms with E-state index in [1.165, 1.54) is 0 Å². The normalized spacial score (nSPS) is 12.7. The van der Waals surface area contributed by atoms with E-state index < -0.39 is 29.3 Å². The molecule has 194 valence electrons. The average molecular weight is 503 g/mol. The van der Waals surface area contributed by atoms with Gasteiger partial charge in [-0.15, -0.1) is 0 Å². The fourth-order valence-electron chi connectivity index (χ4n) is 4.01. The lowest BCUT2D eigenvalue weighted by Gasteiger charge is -2.31. The molecule has 3 aromatic rings. The largest absolute Gasteiger partial charge is 0.490 e. The van der Waals surface area contributed by atoms with E-state index in [0.29, 0.717) is 12.4 Å². The summed E-state index contributed by atoms with van der Waals surface area (Å²) in [4.78, 5) is 27.4. The highest BCUT2D eigenvalue weighted by Gasteiger charge is 2.43. The Balaban J connectivity index is 1.88. The molecule has 0 unspecified atom stereocenters. The van der Waals surface area contributed by atoms with Gasteiger partial charge in [0.15, 0.2) is 0 Å². The van der Waals surface area contributed by atoms with Crippen molar-refractivity contribution in [3.8, 4) is 5.75 Å². The molecular weight excluding hydrogens is 468 g/mol. The van der Waals surface area contributed by atoms with Gasteiger partial charge in [-0.05, 0) is 42.2 Å². The molecule has 0 aromatic heterocycles. The summed E-state index contributed by atoms with van der Waals surface area (Å²) in [6.07, 6.45) is 1.74. The highest BCUT2D eigenvalue weighted by molar-refractivity contribution is 6.05. The first-order valence-corrected chi connectivity index (χ1v) is 12.2. The Morgan fingerprint density at radius 3 is 1.70 bits per heavy atom. The van der Waals surface area contributed by atoms with Crippen LogP contribution in [-0.2, 0) is 16.0 Å². The van der Waals surface area contributed by atoms with E-state index in [9.17, 15) is 19.8 Å². The van der Waals surface area contributed by atoms with Crippen molar-refractivity contribution in [2.45, 2.75) is 25.4 Å². The second-order valence-electron chi connectivity index (χ2n) is 8.99. The van der Waals surface area contributed by atoms with Crippen molar-refractivity contribution in [3.05, 3.63) is 114 Å². The van der Waals surface area contributed by atoms with E-state index >= 15 is 0 Å². The molecule has 0 bridgehead atoms. The van der Waals surface area contributed by atoms with Crippen molar-refractivity contribution >= 4 is 11.8 Å². The number of carbonyl (C=O) groups is 2. The zero-order valence-electron chi connectivity index (χ0n) is 21.0. The lowest BCUT2D eigenvalue weighted by Crippen LogP contribution is -2.53. The number of aliphatic hydroxyl groups excluding tert-OH is 2. The van der Waals surface area contributed by atoms with Crippen LogP contribution in [0.5, 0.6) is 5.75 Å². The molecule has 0 fully saturated rings. The van der Waals surface area contributed by atoms with Gasteiger partial charge in [0.2, 0.25) is 11.8 Å². The Hall–Kier alpha value is -3.94. The Kier molecular flexibility index (Phi) is 10.0. The van der Waals surface area contributed by atoms with Crippen LogP contribution >= 0.6 is 0 Å². The van der Waals surface area contributed by atoms with Gasteiger partial charge in [-0.3, -0.25) is 9.59 Å². The summed E-state index contributed by atoms with van der Waals surface area (Å²) >= 11 is 0. The van der Waals surface area contributed by atoms with Gasteiger partial charge in [-0.25, -0.2) is 0 Å². The second kappa shape index (κ2) is 13.4. The Morgan fingerprint density at radius 1 is 0.838 bits per heavy atom. The topological polar surface area (TPSA) is 108 Å². The number of carbonyl (C=O) groups excluding carboxylic acids is 2. The predicted octanol–water partition coefficient (Wildman–Crippen LogP) is 3.50. The molecule has 0 radical (unpaired) electrons. The van der Waals surface area contributed by atoms with Crippen LogP contribution in [0.25, 0.3) is 0 Å². The summed E-state index contributed by atoms with van der Waals surface area (Å²) in [5.41, 5.74) is 0.650. The lowest BCUT2D eigenvalue weighted by molar-refractivity contribution is -0.143. The zero-order chi connectivity index (χ0) is 26.7. The number of amides is 2. The smallest absolute Gasteiger partial charge is 0.236 e. The van der Waals surface area contributed by atoms with E-state index in [2.05, 4.69) is 17.2 Å². The quantitative estimate of drug-likeness (QED) is 0.211. The van der Waals surface area contributed by atoms with Gasteiger partial charge < -0.3 is 25.6 Å². The standard InChI is InChI=1S/C30H34N2O5/c1-3-18-37-25-16-14-22(15-17-25)19-30(2,28(35)31-26(20-33)23-10-6-4-7-11-23)29(36)32-27(21-34)24-12-8-5-9-13-24/h3-17,26-27,33-34H,1,18-21H2,2H3,(H,31,35)(H,32,36)/t26-,27-/m1/s1. The molecule has 2 atom stereocenters. The molecule has 0 aliphatic heterocycles. The van der Waals surface area contributed by atoms with Crippen molar-refractivity contribution in [2.24, 2.45) is 5.41 Å². The molecule has 0 heterocycles. The lowest BCUT2D eigenvalue weighted by atomic mass is 9.80. The van der Waals surface area contributed by atoms with Crippen molar-refractivity contribution in [3.63, 3.8) is 0 Å².